The van der Waals surface area contributed by atoms with Crippen LogP contribution in [0.15, 0.2) is 36.5 Å². The Labute approximate surface area is 158 Å². The third-order valence-corrected chi connectivity index (χ3v) is 4.76. The lowest BCUT2D eigenvalue weighted by molar-refractivity contribution is 0.102. The zero-order chi connectivity index (χ0) is 19.0. The maximum Gasteiger partial charge on any atom is 0.259 e. The monoisotopic (exact) mass is 364 g/mol. The van der Waals surface area contributed by atoms with E-state index >= 15 is 0 Å². The predicted molar refractivity (Wildman–Crippen MR) is 105 cm³/mol. The van der Waals surface area contributed by atoms with E-state index in [1.54, 1.807) is 13.3 Å². The van der Waals surface area contributed by atoms with Gasteiger partial charge in [0, 0.05) is 29.6 Å². The first-order chi connectivity index (χ1) is 13.0. The van der Waals surface area contributed by atoms with Crippen molar-refractivity contribution in [2.75, 3.05) is 12.4 Å². The van der Waals surface area contributed by atoms with E-state index in [-0.39, 0.29) is 5.91 Å². The molecule has 0 saturated heterocycles. The Hall–Kier alpha value is -2.89. The second kappa shape index (κ2) is 7.02. The lowest BCUT2D eigenvalue weighted by Crippen LogP contribution is -2.15. The van der Waals surface area contributed by atoms with Crippen LogP contribution in [0.4, 0.5) is 5.69 Å². The van der Waals surface area contributed by atoms with Gasteiger partial charge in [0.2, 0.25) is 5.88 Å². The van der Waals surface area contributed by atoms with Gasteiger partial charge in [0.1, 0.15) is 0 Å². The highest BCUT2D eigenvalue weighted by atomic mass is 16.5. The zero-order valence-electron chi connectivity index (χ0n) is 15.9. The molecule has 0 spiro atoms. The average molecular weight is 364 g/mol. The molecule has 6 nitrogen and oxygen atoms in total. The Kier molecular flexibility index (Phi) is 4.56. The van der Waals surface area contributed by atoms with Crippen molar-refractivity contribution < 1.29 is 9.53 Å². The number of amides is 1. The third-order valence-electron chi connectivity index (χ3n) is 4.76. The van der Waals surface area contributed by atoms with Gasteiger partial charge in [-0.3, -0.25) is 9.48 Å². The predicted octanol–water partition coefficient (Wildman–Crippen LogP) is 4.23. The van der Waals surface area contributed by atoms with Gasteiger partial charge in [0.25, 0.3) is 5.91 Å². The van der Waals surface area contributed by atoms with Crippen LogP contribution in [0.5, 0.6) is 5.88 Å². The molecule has 140 valence electrons. The van der Waals surface area contributed by atoms with E-state index < -0.39 is 0 Å². The molecular weight excluding hydrogens is 340 g/mol. The van der Waals surface area contributed by atoms with E-state index in [9.17, 15) is 4.79 Å². The summed E-state index contributed by atoms with van der Waals surface area (Å²) < 4.78 is 7.16. The third kappa shape index (κ3) is 3.65. The van der Waals surface area contributed by atoms with Gasteiger partial charge in [-0.15, -0.1) is 0 Å². The van der Waals surface area contributed by atoms with Crippen molar-refractivity contribution in [1.29, 1.82) is 0 Å². The van der Waals surface area contributed by atoms with E-state index in [0.29, 0.717) is 23.3 Å². The Bertz CT molecular complexity index is 989. The molecule has 1 amide bonds. The minimum atomic E-state index is -0.104. The van der Waals surface area contributed by atoms with Gasteiger partial charge in [0.05, 0.1) is 30.1 Å². The van der Waals surface area contributed by atoms with E-state index in [1.807, 2.05) is 35.0 Å². The number of nitrogens with one attached hydrogen (secondary N) is 1. The van der Waals surface area contributed by atoms with Gasteiger partial charge >= 0.3 is 0 Å². The molecule has 1 saturated carbocycles. The van der Waals surface area contributed by atoms with Crippen LogP contribution in [0.3, 0.4) is 0 Å². The number of hydrogen-bond acceptors (Lipinski definition) is 4. The summed E-state index contributed by atoms with van der Waals surface area (Å²) in [6.07, 6.45) is 3.97. The minimum Gasteiger partial charge on any atom is -0.481 e. The first-order valence-electron chi connectivity index (χ1n) is 9.37. The summed E-state index contributed by atoms with van der Waals surface area (Å²) in [6.45, 7) is 5.16. The maximum absolute atomic E-state index is 12.9. The standard InChI is InChI=1S/C21H24N4O2/c1-13(2)12-25-20(14-4-5-14)17(11-22-25)21(26)23-16-7-8-18-15(10-16)6-9-19(24-18)27-3/h6-11,13-14H,4-5,12H2,1-3H3,(H,23,26). The van der Waals surface area contributed by atoms with E-state index in [1.165, 1.54) is 0 Å². The fraction of sp³-hybridized carbons (Fsp3) is 0.381. The van der Waals surface area contributed by atoms with Crippen molar-refractivity contribution >= 4 is 22.5 Å². The van der Waals surface area contributed by atoms with Gasteiger partial charge in [-0.2, -0.15) is 5.10 Å². The molecule has 1 aliphatic rings. The van der Waals surface area contributed by atoms with Crippen LogP contribution in [-0.4, -0.2) is 27.8 Å². The summed E-state index contributed by atoms with van der Waals surface area (Å²) in [5, 5.41) is 8.45. The SMILES string of the molecule is COc1ccc2cc(NC(=O)c3cnn(CC(C)C)c3C3CC3)ccc2n1. The first-order valence-corrected chi connectivity index (χ1v) is 9.37. The van der Waals surface area contributed by atoms with Crippen molar-refractivity contribution in [2.24, 2.45) is 5.92 Å². The number of aromatic nitrogens is 3. The second-order valence-electron chi connectivity index (χ2n) is 7.51. The molecule has 4 rings (SSSR count). The number of anilines is 1. The Balaban J connectivity index is 1.59. The number of pyridine rings is 1. The molecule has 1 aliphatic carbocycles. The molecular formula is C21H24N4O2. The van der Waals surface area contributed by atoms with E-state index in [2.05, 4.69) is 29.2 Å². The molecule has 0 radical (unpaired) electrons. The number of benzene rings is 1. The van der Waals surface area contributed by atoms with Crippen LogP contribution >= 0.6 is 0 Å². The first kappa shape index (κ1) is 17.5. The highest BCUT2D eigenvalue weighted by Crippen LogP contribution is 2.42. The summed E-state index contributed by atoms with van der Waals surface area (Å²) >= 11 is 0. The molecule has 27 heavy (non-hydrogen) atoms. The quantitative estimate of drug-likeness (QED) is 0.711. The number of methoxy groups -OCH3 is 1. The normalized spacial score (nSPS) is 13.9. The van der Waals surface area contributed by atoms with Crippen LogP contribution in [0.25, 0.3) is 10.9 Å². The van der Waals surface area contributed by atoms with E-state index in [0.717, 1.165) is 41.7 Å². The molecule has 1 N–H and O–H groups in total. The Morgan fingerprint density at radius 2 is 2.11 bits per heavy atom. The fourth-order valence-electron chi connectivity index (χ4n) is 3.35. The van der Waals surface area contributed by atoms with Gasteiger partial charge in [-0.25, -0.2) is 4.98 Å². The summed E-state index contributed by atoms with van der Waals surface area (Å²) in [7, 11) is 1.60. The van der Waals surface area contributed by atoms with Crippen molar-refractivity contribution in [1.82, 2.24) is 14.8 Å². The smallest absolute Gasteiger partial charge is 0.259 e. The lowest BCUT2D eigenvalue weighted by Gasteiger charge is -2.11. The van der Waals surface area contributed by atoms with Crippen molar-refractivity contribution in [3.8, 4) is 5.88 Å². The number of nitrogens with zero attached hydrogens (tertiary/aromatic N) is 3. The van der Waals surface area contributed by atoms with Crippen LogP contribution in [0.1, 0.15) is 48.7 Å². The maximum atomic E-state index is 12.9. The number of carbonyl (C=O) groups is 1. The van der Waals surface area contributed by atoms with Crippen LogP contribution in [-0.2, 0) is 6.54 Å². The fourth-order valence-corrected chi connectivity index (χ4v) is 3.35. The summed E-state index contributed by atoms with van der Waals surface area (Å²) in [6, 6.07) is 9.43. The molecule has 1 fully saturated rings. The Morgan fingerprint density at radius 3 is 2.81 bits per heavy atom. The number of fused-ring (bicyclic) bond motifs is 1. The van der Waals surface area contributed by atoms with Crippen molar-refractivity contribution in [3.05, 3.63) is 47.8 Å². The highest BCUT2D eigenvalue weighted by molar-refractivity contribution is 6.06. The molecule has 0 bridgehead atoms. The molecule has 3 aromatic rings. The average Bonchev–Trinajstić information content (AvgIpc) is 3.41. The molecule has 2 aromatic heterocycles. The zero-order valence-corrected chi connectivity index (χ0v) is 15.9. The molecule has 1 aromatic carbocycles. The minimum absolute atomic E-state index is 0.104. The summed E-state index contributed by atoms with van der Waals surface area (Å²) in [5.41, 5.74) is 3.34. The van der Waals surface area contributed by atoms with Crippen molar-refractivity contribution in [3.63, 3.8) is 0 Å². The molecule has 2 heterocycles. The van der Waals surface area contributed by atoms with Gasteiger partial charge in [-0.05, 0) is 43.0 Å². The topological polar surface area (TPSA) is 69.0 Å². The van der Waals surface area contributed by atoms with Gasteiger partial charge in [-0.1, -0.05) is 13.8 Å². The van der Waals surface area contributed by atoms with Crippen molar-refractivity contribution in [2.45, 2.75) is 39.2 Å². The molecule has 0 atom stereocenters. The number of ether oxygens (including phenoxy) is 1. The second-order valence-corrected chi connectivity index (χ2v) is 7.51. The van der Waals surface area contributed by atoms with Crippen LogP contribution in [0.2, 0.25) is 0 Å². The number of carbonyl (C=O) groups excluding carboxylic acids is 1. The number of rotatable bonds is 6. The number of hydrogen-bond donors (Lipinski definition) is 1. The largest absolute Gasteiger partial charge is 0.481 e. The van der Waals surface area contributed by atoms with Crippen LogP contribution < -0.4 is 10.1 Å². The summed E-state index contributed by atoms with van der Waals surface area (Å²) in [5.74, 6) is 1.42. The van der Waals surface area contributed by atoms with Gasteiger partial charge < -0.3 is 10.1 Å². The van der Waals surface area contributed by atoms with Crippen LogP contribution in [0, 0.1) is 5.92 Å². The lowest BCUT2D eigenvalue weighted by atomic mass is 10.1. The highest BCUT2D eigenvalue weighted by Gasteiger charge is 2.32. The van der Waals surface area contributed by atoms with E-state index in [4.69, 9.17) is 4.74 Å². The molecule has 0 aliphatic heterocycles. The van der Waals surface area contributed by atoms with Gasteiger partial charge in [0.15, 0.2) is 0 Å². The summed E-state index contributed by atoms with van der Waals surface area (Å²) in [4.78, 5) is 17.3. The Morgan fingerprint density at radius 1 is 1.30 bits per heavy atom. The molecule has 6 heteroatoms. The molecule has 0 unspecified atom stereocenters.